The van der Waals surface area contributed by atoms with Crippen molar-refractivity contribution in [3.8, 4) is 0 Å². The van der Waals surface area contributed by atoms with Crippen molar-refractivity contribution in [2.45, 2.75) is 26.4 Å². The molecule has 20 heavy (non-hydrogen) atoms. The minimum Gasteiger partial charge on any atom is -0.390 e. The predicted molar refractivity (Wildman–Crippen MR) is 78.6 cm³/mol. The number of carbonyl (C=O) groups excluding carboxylic acids is 1. The molecule has 1 aliphatic heterocycles. The summed E-state index contributed by atoms with van der Waals surface area (Å²) in [5, 5.41) is 15.9. The second kappa shape index (κ2) is 10.1. The molecule has 3 N–H and O–H groups in total. The first-order valence-electron chi connectivity index (χ1n) is 7.53. The highest BCUT2D eigenvalue weighted by molar-refractivity contribution is 5.76. The third kappa shape index (κ3) is 8.47. The van der Waals surface area contributed by atoms with E-state index in [-0.39, 0.29) is 5.91 Å². The van der Waals surface area contributed by atoms with Gasteiger partial charge in [0.05, 0.1) is 19.3 Å². The highest BCUT2D eigenvalue weighted by Gasteiger charge is 2.14. The highest BCUT2D eigenvalue weighted by Crippen LogP contribution is 1.98. The Labute approximate surface area is 121 Å². The van der Waals surface area contributed by atoms with Gasteiger partial charge in [-0.1, -0.05) is 13.8 Å². The van der Waals surface area contributed by atoms with Gasteiger partial charge in [-0.05, 0) is 5.92 Å². The molecule has 0 radical (unpaired) electrons. The van der Waals surface area contributed by atoms with Gasteiger partial charge in [-0.25, -0.2) is 0 Å². The molecule has 0 aliphatic carbocycles. The van der Waals surface area contributed by atoms with E-state index in [9.17, 15) is 9.90 Å². The number of amides is 1. The van der Waals surface area contributed by atoms with Gasteiger partial charge in [0, 0.05) is 45.7 Å². The molecule has 1 fully saturated rings. The van der Waals surface area contributed by atoms with E-state index >= 15 is 0 Å². The Morgan fingerprint density at radius 1 is 1.30 bits per heavy atom. The number of rotatable bonds is 9. The van der Waals surface area contributed by atoms with Crippen LogP contribution in [0.3, 0.4) is 0 Å². The van der Waals surface area contributed by atoms with Crippen LogP contribution < -0.4 is 10.6 Å². The molecule has 1 unspecified atom stereocenters. The second-order valence-electron chi connectivity index (χ2n) is 5.72. The van der Waals surface area contributed by atoms with Crippen LogP contribution in [-0.2, 0) is 9.53 Å². The summed E-state index contributed by atoms with van der Waals surface area (Å²) < 4.78 is 5.26. The van der Waals surface area contributed by atoms with Crippen LogP contribution >= 0.6 is 0 Å². The zero-order valence-corrected chi connectivity index (χ0v) is 12.7. The van der Waals surface area contributed by atoms with Gasteiger partial charge >= 0.3 is 0 Å². The first-order valence-corrected chi connectivity index (χ1v) is 7.53. The summed E-state index contributed by atoms with van der Waals surface area (Å²) >= 11 is 0. The fraction of sp³-hybridized carbons (Fsp3) is 0.929. The number of aliphatic hydroxyl groups is 1. The van der Waals surface area contributed by atoms with Crippen LogP contribution in [0.4, 0.5) is 0 Å². The number of hydrogen-bond acceptors (Lipinski definition) is 5. The van der Waals surface area contributed by atoms with Gasteiger partial charge in [0.15, 0.2) is 0 Å². The van der Waals surface area contributed by atoms with Crippen molar-refractivity contribution in [2.24, 2.45) is 5.92 Å². The van der Waals surface area contributed by atoms with E-state index in [1.807, 2.05) is 0 Å². The molecule has 0 aromatic heterocycles. The monoisotopic (exact) mass is 287 g/mol. The lowest BCUT2D eigenvalue weighted by Crippen LogP contribution is -2.44. The van der Waals surface area contributed by atoms with Crippen molar-refractivity contribution in [1.82, 2.24) is 15.5 Å². The van der Waals surface area contributed by atoms with E-state index in [1.54, 1.807) is 0 Å². The van der Waals surface area contributed by atoms with Gasteiger partial charge in [-0.3, -0.25) is 9.69 Å². The summed E-state index contributed by atoms with van der Waals surface area (Å²) in [5.41, 5.74) is 0. The van der Waals surface area contributed by atoms with E-state index < -0.39 is 6.10 Å². The van der Waals surface area contributed by atoms with Gasteiger partial charge in [0.2, 0.25) is 5.91 Å². The standard InChI is InChI=1S/C14H29N3O3/c1-12(2)9-16-14(19)3-4-15-10-13(18)11-17-5-7-20-8-6-17/h12-13,15,18H,3-11H2,1-2H3,(H,16,19). The summed E-state index contributed by atoms with van der Waals surface area (Å²) in [7, 11) is 0. The molecule has 1 rings (SSSR count). The summed E-state index contributed by atoms with van der Waals surface area (Å²) in [4.78, 5) is 13.7. The maximum absolute atomic E-state index is 11.5. The molecule has 0 aromatic carbocycles. The summed E-state index contributed by atoms with van der Waals surface area (Å²) in [6, 6.07) is 0. The van der Waals surface area contributed by atoms with Crippen molar-refractivity contribution in [3.63, 3.8) is 0 Å². The molecule has 6 heteroatoms. The van der Waals surface area contributed by atoms with Crippen LogP contribution in [0.1, 0.15) is 20.3 Å². The Hall–Kier alpha value is -0.690. The molecular weight excluding hydrogens is 258 g/mol. The minimum atomic E-state index is -0.396. The Morgan fingerprint density at radius 2 is 2.00 bits per heavy atom. The quantitative estimate of drug-likeness (QED) is 0.495. The zero-order valence-electron chi connectivity index (χ0n) is 12.7. The smallest absolute Gasteiger partial charge is 0.221 e. The number of carbonyl (C=O) groups is 1. The van der Waals surface area contributed by atoms with Gasteiger partial charge in [0.25, 0.3) is 0 Å². The van der Waals surface area contributed by atoms with E-state index in [0.29, 0.717) is 32.0 Å². The molecule has 1 amide bonds. The first kappa shape index (κ1) is 17.4. The van der Waals surface area contributed by atoms with Crippen molar-refractivity contribution >= 4 is 5.91 Å². The fourth-order valence-electron chi connectivity index (χ4n) is 2.02. The third-order valence-electron chi connectivity index (χ3n) is 3.19. The number of nitrogens with one attached hydrogen (secondary N) is 2. The highest BCUT2D eigenvalue weighted by atomic mass is 16.5. The molecule has 0 bridgehead atoms. The lowest BCUT2D eigenvalue weighted by molar-refractivity contribution is -0.121. The fourth-order valence-corrected chi connectivity index (χ4v) is 2.02. The van der Waals surface area contributed by atoms with E-state index in [2.05, 4.69) is 29.4 Å². The van der Waals surface area contributed by atoms with E-state index in [4.69, 9.17) is 4.74 Å². The lowest BCUT2D eigenvalue weighted by atomic mass is 10.2. The van der Waals surface area contributed by atoms with E-state index in [1.165, 1.54) is 0 Å². The predicted octanol–water partition coefficient (Wildman–Crippen LogP) is -0.569. The maximum atomic E-state index is 11.5. The summed E-state index contributed by atoms with van der Waals surface area (Å²) in [6.07, 6.45) is 0.0589. The summed E-state index contributed by atoms with van der Waals surface area (Å²) in [6.45, 7) is 9.91. The van der Waals surface area contributed by atoms with Crippen molar-refractivity contribution in [3.05, 3.63) is 0 Å². The Morgan fingerprint density at radius 3 is 2.65 bits per heavy atom. The normalized spacial score (nSPS) is 18.2. The third-order valence-corrected chi connectivity index (χ3v) is 3.19. The number of hydrogen-bond donors (Lipinski definition) is 3. The molecule has 1 heterocycles. The average Bonchev–Trinajstić information content (AvgIpc) is 2.42. The van der Waals surface area contributed by atoms with Crippen LogP contribution in [0.15, 0.2) is 0 Å². The Kier molecular flexibility index (Phi) is 8.77. The van der Waals surface area contributed by atoms with Crippen LogP contribution in [0.5, 0.6) is 0 Å². The number of β-amino-alcohol motifs (C(OH)–C–C–N with tert-alkyl or cyclic N) is 1. The van der Waals surface area contributed by atoms with Gasteiger partial charge < -0.3 is 20.5 Å². The summed E-state index contributed by atoms with van der Waals surface area (Å²) in [5.74, 6) is 0.538. The van der Waals surface area contributed by atoms with Gasteiger partial charge in [-0.15, -0.1) is 0 Å². The molecule has 0 aromatic rings. The molecule has 1 aliphatic rings. The minimum absolute atomic E-state index is 0.0638. The second-order valence-corrected chi connectivity index (χ2v) is 5.72. The van der Waals surface area contributed by atoms with Gasteiger partial charge in [-0.2, -0.15) is 0 Å². The van der Waals surface area contributed by atoms with Crippen LogP contribution in [0.25, 0.3) is 0 Å². The Balaban J connectivity index is 1.98. The molecule has 0 spiro atoms. The topological polar surface area (TPSA) is 73.8 Å². The molecule has 0 saturated carbocycles. The number of morpholine rings is 1. The molecule has 118 valence electrons. The van der Waals surface area contributed by atoms with Crippen LogP contribution in [-0.4, -0.2) is 74.5 Å². The molecular formula is C14H29N3O3. The van der Waals surface area contributed by atoms with Crippen molar-refractivity contribution < 1.29 is 14.6 Å². The number of nitrogens with zero attached hydrogens (tertiary/aromatic N) is 1. The van der Waals surface area contributed by atoms with Crippen LogP contribution in [0.2, 0.25) is 0 Å². The lowest BCUT2D eigenvalue weighted by Gasteiger charge is -2.28. The maximum Gasteiger partial charge on any atom is 0.221 e. The number of ether oxygens (including phenoxy) is 1. The molecule has 1 saturated heterocycles. The first-order chi connectivity index (χ1) is 9.58. The van der Waals surface area contributed by atoms with Crippen molar-refractivity contribution in [2.75, 3.05) is 52.5 Å². The zero-order chi connectivity index (χ0) is 14.8. The molecule has 6 nitrogen and oxygen atoms in total. The molecule has 1 atom stereocenters. The largest absolute Gasteiger partial charge is 0.390 e. The van der Waals surface area contributed by atoms with Gasteiger partial charge in [0.1, 0.15) is 0 Å². The van der Waals surface area contributed by atoms with E-state index in [0.717, 1.165) is 32.8 Å². The van der Waals surface area contributed by atoms with Crippen LogP contribution in [0, 0.1) is 5.92 Å². The Bertz CT molecular complexity index is 268. The average molecular weight is 287 g/mol. The SMILES string of the molecule is CC(C)CNC(=O)CCNCC(O)CN1CCOCC1. The van der Waals surface area contributed by atoms with Crippen molar-refractivity contribution in [1.29, 1.82) is 0 Å². The number of aliphatic hydroxyl groups excluding tert-OH is 1.